The molecule has 1 heterocycles. The van der Waals surface area contributed by atoms with Crippen LogP contribution in [0.5, 0.6) is 17.2 Å². The van der Waals surface area contributed by atoms with E-state index in [2.05, 4.69) is 26.6 Å². The highest BCUT2D eigenvalue weighted by Crippen LogP contribution is 2.34. The molecule has 0 bridgehead atoms. The lowest BCUT2D eigenvalue weighted by Gasteiger charge is -2.27. The minimum absolute atomic E-state index is 0.185. The number of carbonyl (C=O) groups is 4. The lowest BCUT2D eigenvalue weighted by atomic mass is 10.1. The number of anilines is 2. The minimum Gasteiger partial charge on any atom is -0.490 e. The number of carbonyl (C=O) groups excluding carboxylic acids is 4. The zero-order valence-electron chi connectivity index (χ0n) is 22.7. The highest BCUT2D eigenvalue weighted by atomic mass is 79.9. The molecule has 0 spiro atoms. The Morgan fingerprint density at radius 1 is 0.976 bits per heavy atom. The van der Waals surface area contributed by atoms with E-state index in [0.717, 1.165) is 11.3 Å². The Hall–Kier alpha value is -4.35. The first-order valence-electron chi connectivity index (χ1n) is 13.0. The van der Waals surface area contributed by atoms with Gasteiger partial charge in [0.05, 0.1) is 29.6 Å². The van der Waals surface area contributed by atoms with Crippen LogP contribution in [0.2, 0.25) is 5.02 Å². The summed E-state index contributed by atoms with van der Waals surface area (Å²) in [6, 6.07) is 15.4. The number of para-hydroxylation sites is 1. The molecule has 12 heteroatoms. The van der Waals surface area contributed by atoms with Gasteiger partial charge in [-0.05, 0) is 61.9 Å². The number of halogens is 2. The standard InChI is InChI=1S/C30H27BrClN3O7/c1-3-13-41-25-12-10-20(16-26(25)40-4-2)35-29(38)21(28(37)34-30(35)39)15-18-14-19(31)9-11-24(18)42-17-27(36)33-23-8-6-5-7-22(23)32/h5-12,14-16H,3-4,13,17H2,1-2H3,(H,33,36)(H,34,37,39)/b21-15+. The molecule has 3 aromatic carbocycles. The van der Waals surface area contributed by atoms with Crippen LogP contribution in [0.3, 0.4) is 0 Å². The summed E-state index contributed by atoms with van der Waals surface area (Å²) in [5.74, 6) is -1.16. The average Bonchev–Trinajstić information content (AvgIpc) is 2.95. The number of rotatable bonds is 11. The van der Waals surface area contributed by atoms with Crippen molar-refractivity contribution in [2.75, 3.05) is 30.0 Å². The molecule has 42 heavy (non-hydrogen) atoms. The number of barbiturate groups is 1. The second-order valence-electron chi connectivity index (χ2n) is 8.87. The van der Waals surface area contributed by atoms with Crippen molar-refractivity contribution in [3.8, 4) is 17.2 Å². The van der Waals surface area contributed by atoms with E-state index >= 15 is 0 Å². The van der Waals surface area contributed by atoms with Crippen molar-refractivity contribution < 1.29 is 33.4 Å². The van der Waals surface area contributed by atoms with Crippen molar-refractivity contribution in [3.05, 3.63) is 81.3 Å². The summed E-state index contributed by atoms with van der Waals surface area (Å²) in [6.07, 6.45) is 2.08. The molecular weight excluding hydrogens is 630 g/mol. The number of imide groups is 2. The Bertz CT molecular complexity index is 1560. The van der Waals surface area contributed by atoms with Gasteiger partial charge in [-0.1, -0.05) is 46.6 Å². The van der Waals surface area contributed by atoms with E-state index in [1.54, 1.807) is 55.5 Å². The van der Waals surface area contributed by atoms with Gasteiger partial charge in [0, 0.05) is 16.1 Å². The molecule has 0 saturated carbocycles. The normalized spacial score (nSPS) is 14.0. The molecule has 1 aliphatic rings. The maximum Gasteiger partial charge on any atom is 0.335 e. The fourth-order valence-electron chi connectivity index (χ4n) is 3.94. The molecule has 3 aromatic rings. The summed E-state index contributed by atoms with van der Waals surface area (Å²) >= 11 is 9.48. The van der Waals surface area contributed by atoms with Gasteiger partial charge in [0.15, 0.2) is 18.1 Å². The molecule has 5 amide bonds. The van der Waals surface area contributed by atoms with Crippen LogP contribution < -0.4 is 29.7 Å². The van der Waals surface area contributed by atoms with Crippen LogP contribution in [0.25, 0.3) is 6.08 Å². The predicted molar refractivity (Wildman–Crippen MR) is 162 cm³/mol. The molecule has 218 valence electrons. The van der Waals surface area contributed by atoms with Gasteiger partial charge in [-0.25, -0.2) is 9.69 Å². The third kappa shape index (κ3) is 7.29. The Morgan fingerprint density at radius 3 is 2.48 bits per heavy atom. The highest BCUT2D eigenvalue weighted by molar-refractivity contribution is 9.10. The first-order valence-corrected chi connectivity index (χ1v) is 14.2. The maximum atomic E-state index is 13.5. The van der Waals surface area contributed by atoms with Crippen molar-refractivity contribution in [3.63, 3.8) is 0 Å². The predicted octanol–water partition coefficient (Wildman–Crippen LogP) is 5.97. The molecule has 1 saturated heterocycles. The van der Waals surface area contributed by atoms with Gasteiger partial charge in [0.1, 0.15) is 11.3 Å². The van der Waals surface area contributed by atoms with Crippen LogP contribution in [0.4, 0.5) is 16.2 Å². The molecule has 1 aliphatic heterocycles. The molecule has 0 aliphatic carbocycles. The van der Waals surface area contributed by atoms with Crippen LogP contribution in [0.1, 0.15) is 25.8 Å². The van der Waals surface area contributed by atoms with E-state index in [-0.39, 0.29) is 23.6 Å². The van der Waals surface area contributed by atoms with Crippen LogP contribution in [0, 0.1) is 0 Å². The third-order valence-electron chi connectivity index (χ3n) is 5.83. The quantitative estimate of drug-likeness (QED) is 0.192. The highest BCUT2D eigenvalue weighted by Gasteiger charge is 2.37. The number of urea groups is 1. The Morgan fingerprint density at radius 2 is 1.74 bits per heavy atom. The lowest BCUT2D eigenvalue weighted by molar-refractivity contribution is -0.122. The zero-order valence-corrected chi connectivity index (χ0v) is 25.1. The van der Waals surface area contributed by atoms with E-state index in [9.17, 15) is 19.2 Å². The molecule has 10 nitrogen and oxygen atoms in total. The number of amides is 5. The first-order chi connectivity index (χ1) is 20.2. The number of nitrogens with zero attached hydrogens (tertiary/aromatic N) is 1. The van der Waals surface area contributed by atoms with Crippen molar-refractivity contribution in [1.29, 1.82) is 0 Å². The first kappa shape index (κ1) is 30.6. The van der Waals surface area contributed by atoms with Gasteiger partial charge in [-0.15, -0.1) is 0 Å². The molecule has 0 atom stereocenters. The number of ether oxygens (including phenoxy) is 3. The second kappa shape index (κ2) is 14.0. The summed E-state index contributed by atoms with van der Waals surface area (Å²) in [6.45, 7) is 4.18. The van der Waals surface area contributed by atoms with Gasteiger partial charge in [-0.2, -0.15) is 0 Å². The Kier molecular flexibility index (Phi) is 10.2. The van der Waals surface area contributed by atoms with E-state index in [1.165, 1.54) is 18.2 Å². The van der Waals surface area contributed by atoms with Crippen LogP contribution in [-0.4, -0.2) is 43.6 Å². The number of nitrogens with one attached hydrogen (secondary N) is 2. The van der Waals surface area contributed by atoms with Crippen molar-refractivity contribution in [2.45, 2.75) is 20.3 Å². The van der Waals surface area contributed by atoms with Crippen LogP contribution >= 0.6 is 27.5 Å². The molecule has 2 N–H and O–H groups in total. The summed E-state index contributed by atoms with van der Waals surface area (Å²) in [5.41, 5.74) is 0.617. The lowest BCUT2D eigenvalue weighted by Crippen LogP contribution is -2.54. The second-order valence-corrected chi connectivity index (χ2v) is 10.2. The smallest absolute Gasteiger partial charge is 0.335 e. The van der Waals surface area contributed by atoms with Gasteiger partial charge in [0.25, 0.3) is 17.7 Å². The number of benzene rings is 3. The number of hydrogen-bond donors (Lipinski definition) is 2. The molecule has 0 unspecified atom stereocenters. The minimum atomic E-state index is -0.909. The molecule has 1 fully saturated rings. The van der Waals surface area contributed by atoms with Gasteiger partial charge in [0.2, 0.25) is 0 Å². The summed E-state index contributed by atoms with van der Waals surface area (Å²) in [7, 11) is 0. The third-order valence-corrected chi connectivity index (χ3v) is 6.65. The van der Waals surface area contributed by atoms with Gasteiger partial charge < -0.3 is 19.5 Å². The van der Waals surface area contributed by atoms with Gasteiger partial charge in [-0.3, -0.25) is 19.7 Å². The number of hydrogen-bond acceptors (Lipinski definition) is 7. The Balaban J connectivity index is 1.60. The fraction of sp³-hybridized carbons (Fsp3) is 0.200. The van der Waals surface area contributed by atoms with Gasteiger partial charge >= 0.3 is 6.03 Å². The molecule has 0 radical (unpaired) electrons. The van der Waals surface area contributed by atoms with E-state index in [1.807, 2.05) is 6.92 Å². The van der Waals surface area contributed by atoms with Crippen molar-refractivity contribution >= 4 is 68.7 Å². The maximum absolute atomic E-state index is 13.5. The largest absolute Gasteiger partial charge is 0.490 e. The molecule has 4 rings (SSSR count). The summed E-state index contributed by atoms with van der Waals surface area (Å²) in [4.78, 5) is 52.5. The average molecular weight is 657 g/mol. The van der Waals surface area contributed by atoms with E-state index < -0.39 is 23.8 Å². The fourth-order valence-corrected chi connectivity index (χ4v) is 4.50. The van der Waals surface area contributed by atoms with Crippen molar-refractivity contribution in [2.24, 2.45) is 0 Å². The van der Waals surface area contributed by atoms with Crippen molar-refractivity contribution in [1.82, 2.24) is 5.32 Å². The monoisotopic (exact) mass is 655 g/mol. The zero-order chi connectivity index (χ0) is 30.2. The topological polar surface area (TPSA) is 123 Å². The van der Waals surface area contributed by atoms with Crippen LogP contribution in [0.15, 0.2) is 70.7 Å². The molecular formula is C30H27BrClN3O7. The summed E-state index contributed by atoms with van der Waals surface area (Å²) < 4.78 is 17.7. The molecule has 0 aromatic heterocycles. The summed E-state index contributed by atoms with van der Waals surface area (Å²) in [5, 5.41) is 5.24. The SMILES string of the molecule is CCCOc1ccc(N2C(=O)NC(=O)/C(=C\c3cc(Br)ccc3OCC(=O)Nc3ccccc3Cl)C2=O)cc1OCC. The Labute approximate surface area is 255 Å². The van der Waals surface area contributed by atoms with E-state index in [0.29, 0.717) is 45.5 Å². The van der Waals surface area contributed by atoms with Crippen LogP contribution in [-0.2, 0) is 14.4 Å². The van der Waals surface area contributed by atoms with E-state index in [4.69, 9.17) is 25.8 Å².